The molecule has 0 saturated heterocycles. The van der Waals surface area contributed by atoms with E-state index >= 15 is 0 Å². The van der Waals surface area contributed by atoms with Crippen molar-refractivity contribution in [3.8, 4) is 0 Å². The molecule has 1 heterocycles. The van der Waals surface area contributed by atoms with Gasteiger partial charge >= 0.3 is 5.97 Å². The summed E-state index contributed by atoms with van der Waals surface area (Å²) in [6.45, 7) is 0. The third-order valence-electron chi connectivity index (χ3n) is 3.84. The van der Waals surface area contributed by atoms with Crippen molar-refractivity contribution in [3.05, 3.63) is 71.4 Å². The number of benzene rings is 2. The summed E-state index contributed by atoms with van der Waals surface area (Å²) in [6.07, 6.45) is 3.02. The molecule has 0 bridgehead atoms. The molecule has 1 atom stereocenters. The smallest absolute Gasteiger partial charge is 0.320 e. The van der Waals surface area contributed by atoms with Crippen LogP contribution in [0, 0.1) is 0 Å². The second-order valence-corrected chi connectivity index (χ2v) is 5.51. The summed E-state index contributed by atoms with van der Waals surface area (Å²) in [6, 6.07) is 15.6. The molecule has 112 valence electrons. The van der Waals surface area contributed by atoms with Crippen LogP contribution in [0.4, 0.5) is 0 Å². The van der Waals surface area contributed by atoms with Gasteiger partial charge in [-0.3, -0.25) is 4.79 Å². The lowest BCUT2D eigenvalue weighted by atomic mass is 10.0. The summed E-state index contributed by atoms with van der Waals surface area (Å²) in [5.41, 5.74) is 10.0. The van der Waals surface area contributed by atoms with Gasteiger partial charge in [-0.15, -0.1) is 0 Å². The number of aliphatic carboxylic acids is 1. The third kappa shape index (κ3) is 3.02. The molecule has 1 aromatic heterocycles. The summed E-state index contributed by atoms with van der Waals surface area (Å²) in [7, 11) is 0. The van der Waals surface area contributed by atoms with Crippen molar-refractivity contribution in [1.82, 2.24) is 4.98 Å². The number of H-pyrrole nitrogens is 1. The van der Waals surface area contributed by atoms with Crippen molar-refractivity contribution >= 4 is 16.9 Å². The molecule has 0 amide bonds. The molecule has 4 N–H and O–H groups in total. The van der Waals surface area contributed by atoms with Gasteiger partial charge in [0, 0.05) is 23.5 Å². The summed E-state index contributed by atoms with van der Waals surface area (Å²) in [5.74, 6) is -0.977. The number of rotatable bonds is 5. The van der Waals surface area contributed by atoms with E-state index in [1.54, 1.807) is 0 Å². The van der Waals surface area contributed by atoms with E-state index in [2.05, 4.69) is 29.2 Å². The lowest BCUT2D eigenvalue weighted by Gasteiger charge is -2.06. The molecule has 2 aromatic carbocycles. The highest BCUT2D eigenvalue weighted by molar-refractivity contribution is 5.85. The van der Waals surface area contributed by atoms with Crippen LogP contribution in [-0.4, -0.2) is 22.1 Å². The number of hydrogen-bond donors (Lipinski definition) is 3. The van der Waals surface area contributed by atoms with Crippen molar-refractivity contribution < 1.29 is 9.90 Å². The largest absolute Gasteiger partial charge is 0.480 e. The summed E-state index contributed by atoms with van der Waals surface area (Å²) in [5, 5.41) is 10.0. The third-order valence-corrected chi connectivity index (χ3v) is 3.84. The molecule has 4 heteroatoms. The van der Waals surface area contributed by atoms with Gasteiger partial charge in [-0.2, -0.15) is 0 Å². The Bertz CT molecular complexity index is 793. The number of nitrogens with one attached hydrogen (secondary N) is 1. The molecule has 0 aliphatic rings. The predicted octanol–water partition coefficient (Wildman–Crippen LogP) is 2.71. The fourth-order valence-electron chi connectivity index (χ4n) is 2.66. The first-order chi connectivity index (χ1) is 10.6. The Kier molecular flexibility index (Phi) is 3.94. The van der Waals surface area contributed by atoms with E-state index in [1.165, 1.54) is 11.1 Å². The first-order valence-corrected chi connectivity index (χ1v) is 7.24. The molecule has 1 unspecified atom stereocenters. The van der Waals surface area contributed by atoms with Crippen molar-refractivity contribution in [1.29, 1.82) is 0 Å². The van der Waals surface area contributed by atoms with E-state index in [9.17, 15) is 4.79 Å². The van der Waals surface area contributed by atoms with E-state index in [0.717, 1.165) is 22.9 Å². The van der Waals surface area contributed by atoms with E-state index in [1.807, 2.05) is 30.5 Å². The Morgan fingerprint density at radius 2 is 1.91 bits per heavy atom. The van der Waals surface area contributed by atoms with E-state index in [0.29, 0.717) is 6.42 Å². The maximum atomic E-state index is 10.9. The van der Waals surface area contributed by atoms with Gasteiger partial charge in [-0.25, -0.2) is 0 Å². The van der Waals surface area contributed by atoms with Crippen molar-refractivity contribution in [3.63, 3.8) is 0 Å². The van der Waals surface area contributed by atoms with Crippen LogP contribution in [0.15, 0.2) is 54.7 Å². The molecule has 0 radical (unpaired) electrons. The fraction of sp³-hybridized carbons (Fsp3) is 0.167. The highest BCUT2D eigenvalue weighted by Crippen LogP contribution is 2.22. The zero-order chi connectivity index (χ0) is 15.5. The van der Waals surface area contributed by atoms with E-state index < -0.39 is 12.0 Å². The number of aromatic amines is 1. The summed E-state index contributed by atoms with van der Waals surface area (Å²) in [4.78, 5) is 14.1. The van der Waals surface area contributed by atoms with Gasteiger partial charge in [0.05, 0.1) is 0 Å². The first kappa shape index (κ1) is 14.4. The lowest BCUT2D eigenvalue weighted by Crippen LogP contribution is -2.32. The normalized spacial score (nSPS) is 12.4. The molecule has 22 heavy (non-hydrogen) atoms. The van der Waals surface area contributed by atoms with Gasteiger partial charge in [-0.05, 0) is 35.2 Å². The monoisotopic (exact) mass is 294 g/mol. The van der Waals surface area contributed by atoms with Crippen LogP contribution in [0.5, 0.6) is 0 Å². The van der Waals surface area contributed by atoms with Crippen molar-refractivity contribution in [2.75, 3.05) is 0 Å². The standard InChI is InChI=1S/C18H18N2O2/c19-16(18(21)22)10-14-11-20-17-7-6-13(9-15(14)17)8-12-4-2-1-3-5-12/h1-7,9,11,16,20H,8,10,19H2,(H,21,22). The van der Waals surface area contributed by atoms with E-state index in [4.69, 9.17) is 10.8 Å². The van der Waals surface area contributed by atoms with Gasteiger partial charge < -0.3 is 15.8 Å². The molecule has 0 spiro atoms. The molecule has 0 aliphatic heterocycles. The van der Waals surface area contributed by atoms with Crippen LogP contribution in [0.1, 0.15) is 16.7 Å². The molecular weight excluding hydrogens is 276 g/mol. The lowest BCUT2D eigenvalue weighted by molar-refractivity contribution is -0.138. The average molecular weight is 294 g/mol. The quantitative estimate of drug-likeness (QED) is 0.677. The topological polar surface area (TPSA) is 79.1 Å². The Labute approximate surface area is 128 Å². The maximum absolute atomic E-state index is 10.9. The number of carboxylic acid groups (broad SMARTS) is 1. The van der Waals surface area contributed by atoms with Crippen LogP contribution < -0.4 is 5.73 Å². The van der Waals surface area contributed by atoms with Crippen LogP contribution in [0.25, 0.3) is 10.9 Å². The number of carbonyl (C=O) groups is 1. The minimum absolute atomic E-state index is 0.324. The first-order valence-electron chi connectivity index (χ1n) is 7.24. The highest BCUT2D eigenvalue weighted by atomic mass is 16.4. The van der Waals surface area contributed by atoms with Crippen molar-refractivity contribution in [2.45, 2.75) is 18.9 Å². The Hall–Kier alpha value is -2.59. The van der Waals surface area contributed by atoms with Gasteiger partial charge in [0.25, 0.3) is 0 Å². The molecular formula is C18H18N2O2. The molecule has 3 rings (SSSR count). The molecule has 4 nitrogen and oxygen atoms in total. The maximum Gasteiger partial charge on any atom is 0.320 e. The fourth-order valence-corrected chi connectivity index (χ4v) is 2.66. The SMILES string of the molecule is NC(Cc1c[nH]c2ccc(Cc3ccccc3)cc12)C(=O)O. The molecule has 0 fully saturated rings. The van der Waals surface area contributed by atoms with Crippen LogP contribution in [0.2, 0.25) is 0 Å². The number of nitrogens with two attached hydrogens (primary N) is 1. The van der Waals surface area contributed by atoms with Crippen LogP contribution >= 0.6 is 0 Å². The van der Waals surface area contributed by atoms with Crippen LogP contribution in [-0.2, 0) is 17.6 Å². The predicted molar refractivity (Wildman–Crippen MR) is 86.9 cm³/mol. The Morgan fingerprint density at radius 3 is 2.64 bits per heavy atom. The zero-order valence-electron chi connectivity index (χ0n) is 12.1. The molecule has 3 aromatic rings. The average Bonchev–Trinajstić information content (AvgIpc) is 2.91. The minimum Gasteiger partial charge on any atom is -0.480 e. The number of fused-ring (bicyclic) bond motifs is 1. The highest BCUT2D eigenvalue weighted by Gasteiger charge is 2.15. The molecule has 0 aliphatic carbocycles. The van der Waals surface area contributed by atoms with Gasteiger partial charge in [0.15, 0.2) is 0 Å². The second kappa shape index (κ2) is 6.03. The number of aromatic nitrogens is 1. The Balaban J connectivity index is 1.89. The Morgan fingerprint density at radius 1 is 1.14 bits per heavy atom. The van der Waals surface area contributed by atoms with Gasteiger partial charge in [0.1, 0.15) is 6.04 Å². The van der Waals surface area contributed by atoms with E-state index in [-0.39, 0.29) is 0 Å². The zero-order valence-corrected chi connectivity index (χ0v) is 12.1. The number of carboxylic acids is 1. The summed E-state index contributed by atoms with van der Waals surface area (Å²) >= 11 is 0. The number of hydrogen-bond acceptors (Lipinski definition) is 2. The van der Waals surface area contributed by atoms with Crippen molar-refractivity contribution in [2.24, 2.45) is 5.73 Å². The van der Waals surface area contributed by atoms with Crippen LogP contribution in [0.3, 0.4) is 0 Å². The summed E-state index contributed by atoms with van der Waals surface area (Å²) < 4.78 is 0. The molecule has 0 saturated carbocycles. The second-order valence-electron chi connectivity index (χ2n) is 5.51. The minimum atomic E-state index is -0.977. The van der Waals surface area contributed by atoms with Gasteiger partial charge in [-0.1, -0.05) is 36.4 Å². The van der Waals surface area contributed by atoms with Gasteiger partial charge in [0.2, 0.25) is 0 Å².